The lowest BCUT2D eigenvalue weighted by atomic mass is 10.2. The molecule has 21 heavy (non-hydrogen) atoms. The summed E-state index contributed by atoms with van der Waals surface area (Å²) in [7, 11) is 0. The standard InChI is InChI=1S/C14H10Cl2N4S/c15-11-2-1-10(12(16)7-11)8-21-14-18-13(19-20-14)9-3-5-17-6-4-9/h1-7H,8H2,(H,18,19,20). The Bertz CT molecular complexity index is 746. The molecule has 0 bridgehead atoms. The molecule has 0 saturated heterocycles. The summed E-state index contributed by atoms with van der Waals surface area (Å²) >= 11 is 13.5. The molecule has 0 aliphatic rings. The topological polar surface area (TPSA) is 54.5 Å². The molecule has 2 aromatic heterocycles. The third-order valence-electron chi connectivity index (χ3n) is 2.79. The van der Waals surface area contributed by atoms with E-state index in [4.69, 9.17) is 23.2 Å². The molecular formula is C14H10Cl2N4S. The Morgan fingerprint density at radius 1 is 1.10 bits per heavy atom. The lowest BCUT2D eigenvalue weighted by Crippen LogP contribution is -1.84. The fourth-order valence-corrected chi connectivity index (χ4v) is 3.09. The van der Waals surface area contributed by atoms with Gasteiger partial charge in [0.05, 0.1) is 0 Å². The minimum absolute atomic E-state index is 0.631. The predicted molar refractivity (Wildman–Crippen MR) is 85.6 cm³/mol. The summed E-state index contributed by atoms with van der Waals surface area (Å²) in [6.45, 7) is 0. The van der Waals surface area contributed by atoms with Gasteiger partial charge in [0.2, 0.25) is 5.16 Å². The maximum absolute atomic E-state index is 6.14. The Morgan fingerprint density at radius 3 is 2.67 bits per heavy atom. The van der Waals surface area contributed by atoms with Crippen LogP contribution in [0.2, 0.25) is 10.0 Å². The second-order valence-corrected chi connectivity index (χ2v) is 6.01. The molecule has 7 heteroatoms. The van der Waals surface area contributed by atoms with Crippen LogP contribution in [0.1, 0.15) is 5.56 Å². The molecule has 3 rings (SSSR count). The van der Waals surface area contributed by atoms with Crippen molar-refractivity contribution in [3.8, 4) is 11.4 Å². The highest BCUT2D eigenvalue weighted by molar-refractivity contribution is 7.98. The first-order chi connectivity index (χ1) is 10.2. The minimum atomic E-state index is 0.631. The van der Waals surface area contributed by atoms with Crippen LogP contribution < -0.4 is 0 Å². The number of pyridine rings is 1. The molecule has 0 spiro atoms. The second kappa shape index (κ2) is 6.47. The summed E-state index contributed by atoms with van der Waals surface area (Å²) in [4.78, 5) is 8.42. The molecule has 0 fully saturated rings. The van der Waals surface area contributed by atoms with Crippen molar-refractivity contribution >= 4 is 35.0 Å². The summed E-state index contributed by atoms with van der Waals surface area (Å²) in [5.41, 5.74) is 1.95. The molecule has 0 amide bonds. The zero-order valence-corrected chi connectivity index (χ0v) is 13.1. The van der Waals surface area contributed by atoms with Crippen LogP contribution in [-0.4, -0.2) is 20.2 Å². The van der Waals surface area contributed by atoms with E-state index in [0.717, 1.165) is 17.0 Å². The number of nitrogens with zero attached hydrogens (tertiary/aromatic N) is 3. The van der Waals surface area contributed by atoms with Gasteiger partial charge in [-0.2, -0.15) is 0 Å². The van der Waals surface area contributed by atoms with Crippen LogP contribution in [0.25, 0.3) is 11.4 Å². The first-order valence-electron chi connectivity index (χ1n) is 6.12. The lowest BCUT2D eigenvalue weighted by Gasteiger charge is -2.02. The van der Waals surface area contributed by atoms with Crippen molar-refractivity contribution in [1.29, 1.82) is 0 Å². The van der Waals surface area contributed by atoms with Crippen LogP contribution in [0, 0.1) is 0 Å². The first kappa shape index (κ1) is 14.4. The van der Waals surface area contributed by atoms with E-state index in [2.05, 4.69) is 20.2 Å². The highest BCUT2D eigenvalue weighted by atomic mass is 35.5. The molecule has 4 nitrogen and oxygen atoms in total. The van der Waals surface area contributed by atoms with Crippen molar-refractivity contribution in [3.05, 3.63) is 58.3 Å². The average molecular weight is 337 g/mol. The van der Waals surface area contributed by atoms with Gasteiger partial charge >= 0.3 is 0 Å². The van der Waals surface area contributed by atoms with Crippen molar-refractivity contribution in [1.82, 2.24) is 20.2 Å². The van der Waals surface area contributed by atoms with E-state index in [0.29, 0.717) is 21.0 Å². The third-order valence-corrected chi connectivity index (χ3v) is 4.27. The number of aromatic nitrogens is 4. The van der Waals surface area contributed by atoms with Gasteiger partial charge in [0.15, 0.2) is 5.82 Å². The Hall–Kier alpha value is -1.56. The van der Waals surface area contributed by atoms with Crippen molar-refractivity contribution in [2.75, 3.05) is 0 Å². The Kier molecular flexibility index (Phi) is 4.43. The van der Waals surface area contributed by atoms with Gasteiger partial charge in [-0.15, -0.1) is 5.10 Å². The summed E-state index contributed by atoms with van der Waals surface area (Å²) in [5, 5.41) is 9.07. The number of benzene rings is 1. The summed E-state index contributed by atoms with van der Waals surface area (Å²) in [5.74, 6) is 1.41. The highest BCUT2D eigenvalue weighted by Gasteiger charge is 2.08. The van der Waals surface area contributed by atoms with Gasteiger partial charge in [-0.25, -0.2) is 4.98 Å². The van der Waals surface area contributed by atoms with E-state index in [-0.39, 0.29) is 0 Å². The SMILES string of the molecule is Clc1ccc(CSc2n[nH]c(-c3ccncc3)n2)c(Cl)c1. The van der Waals surface area contributed by atoms with Gasteiger partial charge in [0.25, 0.3) is 0 Å². The fraction of sp³-hybridized carbons (Fsp3) is 0.0714. The molecule has 1 N–H and O–H groups in total. The van der Waals surface area contributed by atoms with Crippen LogP contribution in [-0.2, 0) is 5.75 Å². The number of hydrogen-bond acceptors (Lipinski definition) is 4. The van der Waals surface area contributed by atoms with Gasteiger partial charge in [-0.1, -0.05) is 41.0 Å². The molecule has 0 aliphatic carbocycles. The van der Waals surface area contributed by atoms with Gasteiger partial charge < -0.3 is 0 Å². The Morgan fingerprint density at radius 2 is 1.90 bits per heavy atom. The summed E-state index contributed by atoms with van der Waals surface area (Å²) < 4.78 is 0. The van der Waals surface area contributed by atoms with Crippen LogP contribution in [0.15, 0.2) is 47.9 Å². The summed E-state index contributed by atoms with van der Waals surface area (Å²) in [6.07, 6.45) is 3.44. The number of aromatic amines is 1. The average Bonchev–Trinajstić information content (AvgIpc) is 2.96. The Labute approximate surface area is 135 Å². The number of nitrogens with one attached hydrogen (secondary N) is 1. The van der Waals surface area contributed by atoms with Crippen LogP contribution in [0.4, 0.5) is 0 Å². The minimum Gasteiger partial charge on any atom is -0.265 e. The quantitative estimate of drug-likeness (QED) is 0.714. The van der Waals surface area contributed by atoms with Crippen LogP contribution in [0.3, 0.4) is 0 Å². The highest BCUT2D eigenvalue weighted by Crippen LogP contribution is 2.27. The smallest absolute Gasteiger partial charge is 0.209 e. The predicted octanol–water partition coefficient (Wildman–Crippen LogP) is 4.47. The normalized spacial score (nSPS) is 10.8. The van der Waals surface area contributed by atoms with E-state index in [1.165, 1.54) is 11.8 Å². The lowest BCUT2D eigenvalue weighted by molar-refractivity contribution is 0.973. The van der Waals surface area contributed by atoms with Gasteiger partial charge in [0, 0.05) is 33.8 Å². The van der Waals surface area contributed by atoms with Crippen molar-refractivity contribution in [2.24, 2.45) is 0 Å². The maximum Gasteiger partial charge on any atom is 0.209 e. The van der Waals surface area contributed by atoms with Crippen LogP contribution >= 0.6 is 35.0 Å². The van der Waals surface area contributed by atoms with Gasteiger partial charge in [0.1, 0.15) is 0 Å². The largest absolute Gasteiger partial charge is 0.265 e. The van der Waals surface area contributed by atoms with E-state index in [1.54, 1.807) is 18.5 Å². The third kappa shape index (κ3) is 3.56. The van der Waals surface area contributed by atoms with E-state index < -0.39 is 0 Å². The molecule has 0 atom stereocenters. The molecular weight excluding hydrogens is 327 g/mol. The molecule has 1 aromatic carbocycles. The molecule has 106 valence electrons. The van der Waals surface area contributed by atoms with E-state index >= 15 is 0 Å². The van der Waals surface area contributed by atoms with Crippen molar-refractivity contribution in [2.45, 2.75) is 10.9 Å². The number of H-pyrrole nitrogens is 1. The van der Waals surface area contributed by atoms with Gasteiger partial charge in [-0.3, -0.25) is 10.1 Å². The molecule has 0 radical (unpaired) electrons. The number of rotatable bonds is 4. The van der Waals surface area contributed by atoms with Crippen molar-refractivity contribution < 1.29 is 0 Å². The van der Waals surface area contributed by atoms with Crippen LogP contribution in [0.5, 0.6) is 0 Å². The van der Waals surface area contributed by atoms with Crippen molar-refractivity contribution in [3.63, 3.8) is 0 Å². The first-order valence-corrected chi connectivity index (χ1v) is 7.86. The number of halogens is 2. The summed E-state index contributed by atoms with van der Waals surface area (Å²) in [6, 6.07) is 9.23. The maximum atomic E-state index is 6.14. The van der Waals surface area contributed by atoms with E-state index in [1.807, 2.05) is 24.3 Å². The second-order valence-electron chi connectivity index (χ2n) is 4.23. The molecule has 0 aliphatic heterocycles. The fourth-order valence-electron chi connectivity index (χ4n) is 1.73. The molecule has 3 aromatic rings. The molecule has 0 saturated carbocycles. The molecule has 0 unspecified atom stereocenters. The number of hydrogen-bond donors (Lipinski definition) is 1. The van der Waals surface area contributed by atoms with Gasteiger partial charge in [-0.05, 0) is 29.8 Å². The zero-order chi connectivity index (χ0) is 14.7. The zero-order valence-electron chi connectivity index (χ0n) is 10.8. The monoisotopic (exact) mass is 336 g/mol. The number of thioether (sulfide) groups is 1. The van der Waals surface area contributed by atoms with E-state index in [9.17, 15) is 0 Å². The Balaban J connectivity index is 1.70. The molecule has 2 heterocycles.